The van der Waals surface area contributed by atoms with E-state index in [0.717, 1.165) is 50.7 Å². The van der Waals surface area contributed by atoms with Crippen LogP contribution in [0.2, 0.25) is 0 Å². The zero-order valence-corrected chi connectivity index (χ0v) is 27.3. The Balaban J connectivity index is 0.000000446. The number of hydrogen-bond donors (Lipinski definition) is 0. The third kappa shape index (κ3) is 11.6. The molecule has 2 unspecified atom stereocenters. The van der Waals surface area contributed by atoms with Crippen molar-refractivity contribution >= 4 is 11.7 Å². The van der Waals surface area contributed by atoms with Crippen LogP contribution in [0.1, 0.15) is 113 Å². The van der Waals surface area contributed by atoms with Gasteiger partial charge in [-0.05, 0) is 91.1 Å². The van der Waals surface area contributed by atoms with E-state index in [4.69, 9.17) is 15.0 Å². The molecule has 0 N–H and O–H groups in total. The van der Waals surface area contributed by atoms with Crippen LogP contribution in [0.25, 0.3) is 0 Å². The Hall–Kier alpha value is -2.77. The summed E-state index contributed by atoms with van der Waals surface area (Å²) >= 11 is 0. The maximum Gasteiger partial charge on any atom is 0.278 e. The number of nitrogens with zero attached hydrogens (tertiary/aromatic N) is 4. The van der Waals surface area contributed by atoms with Gasteiger partial charge in [0.05, 0.1) is 6.07 Å². The van der Waals surface area contributed by atoms with Gasteiger partial charge in [-0.25, -0.2) is 4.79 Å². The molecule has 3 rings (SSSR count). The predicted molar refractivity (Wildman–Crippen MR) is 171 cm³/mol. The summed E-state index contributed by atoms with van der Waals surface area (Å²) in [7, 11) is 0. The molecule has 3 fully saturated rings. The maximum absolute atomic E-state index is 11.4. The summed E-state index contributed by atoms with van der Waals surface area (Å²) in [5.41, 5.74) is 4.65. The van der Waals surface area contributed by atoms with E-state index in [1.807, 2.05) is 37.8 Å². The molecule has 2 aliphatic carbocycles. The van der Waals surface area contributed by atoms with Gasteiger partial charge in [0.25, 0.3) is 5.88 Å². The molecule has 6 heteroatoms. The summed E-state index contributed by atoms with van der Waals surface area (Å²) in [5, 5.41) is 8.73. The Kier molecular flexibility index (Phi) is 14.5. The molecule has 0 radical (unpaired) electrons. The molecule has 228 valence electrons. The van der Waals surface area contributed by atoms with Crippen LogP contribution in [-0.4, -0.2) is 53.2 Å². The number of ether oxygens (including phenoxy) is 1. The van der Waals surface area contributed by atoms with Gasteiger partial charge < -0.3 is 14.5 Å². The van der Waals surface area contributed by atoms with E-state index in [1.165, 1.54) is 61.8 Å². The predicted octanol–water partition coefficient (Wildman–Crippen LogP) is 8.22. The third-order valence-corrected chi connectivity index (χ3v) is 8.14. The third-order valence-electron chi connectivity index (χ3n) is 8.14. The van der Waals surface area contributed by atoms with Crippen LogP contribution < -0.4 is 0 Å². The lowest BCUT2D eigenvalue weighted by atomic mass is 9.80. The highest BCUT2D eigenvalue weighted by Gasteiger charge is 2.31. The molecule has 0 bridgehead atoms. The van der Waals surface area contributed by atoms with Gasteiger partial charge in [-0.15, -0.1) is 0 Å². The lowest BCUT2D eigenvalue weighted by Gasteiger charge is -2.39. The molecular formula is C35H56N4O2. The Morgan fingerprint density at radius 1 is 1.05 bits per heavy atom. The molecule has 1 saturated heterocycles. The molecule has 2 atom stereocenters. The van der Waals surface area contributed by atoms with E-state index in [1.54, 1.807) is 0 Å². The first-order valence-corrected chi connectivity index (χ1v) is 16.0. The van der Waals surface area contributed by atoms with Crippen molar-refractivity contribution in [1.29, 1.82) is 5.26 Å². The summed E-state index contributed by atoms with van der Waals surface area (Å²) in [6.07, 6.45) is 17.4. The Morgan fingerprint density at radius 3 is 2.22 bits per heavy atom. The number of aliphatic imine (C=N–C) groups is 1. The summed E-state index contributed by atoms with van der Waals surface area (Å²) < 4.78 is 5.81. The zero-order chi connectivity index (χ0) is 30.4. The van der Waals surface area contributed by atoms with Gasteiger partial charge in [-0.2, -0.15) is 5.26 Å². The lowest BCUT2D eigenvalue weighted by molar-refractivity contribution is -0.00496. The van der Waals surface area contributed by atoms with E-state index in [2.05, 4.69) is 57.7 Å². The summed E-state index contributed by atoms with van der Waals surface area (Å²) in [5.74, 6) is 4.21. The normalized spacial score (nSPS) is 22.8. The molecule has 1 aliphatic heterocycles. The van der Waals surface area contributed by atoms with Crippen LogP contribution in [0.5, 0.6) is 0 Å². The van der Waals surface area contributed by atoms with Crippen molar-refractivity contribution < 1.29 is 9.53 Å². The second-order valence-corrected chi connectivity index (χ2v) is 12.7. The zero-order valence-electron chi connectivity index (χ0n) is 27.3. The minimum Gasteiger partial charge on any atom is -0.465 e. The van der Waals surface area contributed by atoms with Crippen LogP contribution in [0.3, 0.4) is 0 Å². The summed E-state index contributed by atoms with van der Waals surface area (Å²) in [6.45, 7) is 19.8. The van der Waals surface area contributed by atoms with E-state index < -0.39 is 5.60 Å². The lowest BCUT2D eigenvalue weighted by Crippen LogP contribution is -2.46. The fourth-order valence-corrected chi connectivity index (χ4v) is 5.91. The van der Waals surface area contributed by atoms with Gasteiger partial charge in [-0.1, -0.05) is 51.7 Å². The van der Waals surface area contributed by atoms with Gasteiger partial charge in [0.15, 0.2) is 5.94 Å². The second-order valence-electron chi connectivity index (χ2n) is 12.7. The molecule has 0 aromatic carbocycles. The minimum atomic E-state index is -0.405. The van der Waals surface area contributed by atoms with Crippen LogP contribution in [0.15, 0.2) is 46.1 Å². The first kappa shape index (κ1) is 34.4. The number of nitriles is 1. The van der Waals surface area contributed by atoms with Gasteiger partial charge >= 0.3 is 0 Å². The first-order valence-electron chi connectivity index (χ1n) is 16.0. The number of hydrogen-bond acceptors (Lipinski definition) is 6. The highest BCUT2D eigenvalue weighted by atomic mass is 16.5. The van der Waals surface area contributed by atoms with Crippen LogP contribution in [-0.2, 0) is 9.53 Å². The van der Waals surface area contributed by atoms with Crippen LogP contribution >= 0.6 is 0 Å². The number of allylic oxidation sites excluding steroid dienone is 5. The molecule has 3 aliphatic rings. The Labute approximate surface area is 250 Å². The smallest absolute Gasteiger partial charge is 0.278 e. The van der Waals surface area contributed by atoms with E-state index in [9.17, 15) is 4.79 Å². The maximum atomic E-state index is 11.4. The first-order chi connectivity index (χ1) is 19.6. The minimum absolute atomic E-state index is 0.318. The number of piperazine rings is 1. The van der Waals surface area contributed by atoms with Gasteiger partial charge in [-0.3, -0.25) is 4.99 Å². The van der Waals surface area contributed by atoms with Crippen molar-refractivity contribution in [1.82, 2.24) is 9.80 Å². The van der Waals surface area contributed by atoms with Crippen LogP contribution in [0.4, 0.5) is 0 Å². The van der Waals surface area contributed by atoms with Crippen molar-refractivity contribution in [2.75, 3.05) is 26.2 Å². The molecule has 0 aromatic rings. The van der Waals surface area contributed by atoms with Crippen molar-refractivity contribution in [3.63, 3.8) is 0 Å². The highest BCUT2D eigenvalue weighted by molar-refractivity contribution is 6.03. The van der Waals surface area contributed by atoms with Gasteiger partial charge in [0.1, 0.15) is 5.60 Å². The topological polar surface area (TPSA) is 68.9 Å². The monoisotopic (exact) mass is 564 g/mol. The molecule has 6 nitrogen and oxygen atoms in total. The van der Waals surface area contributed by atoms with Crippen LogP contribution in [0, 0.1) is 29.1 Å². The molecule has 2 saturated carbocycles. The van der Waals surface area contributed by atoms with Crippen molar-refractivity contribution in [2.24, 2.45) is 22.7 Å². The quantitative estimate of drug-likeness (QED) is 0.116. The van der Waals surface area contributed by atoms with Crippen molar-refractivity contribution in [3.05, 3.63) is 41.1 Å². The molecular weight excluding hydrogens is 508 g/mol. The Morgan fingerprint density at radius 2 is 1.71 bits per heavy atom. The average molecular weight is 565 g/mol. The highest BCUT2D eigenvalue weighted by Crippen LogP contribution is 2.41. The molecule has 0 amide bonds. The molecule has 0 aromatic heterocycles. The SMILES string of the molecule is CCCC1CCCC(C#N)C1.C\C=C(C(/C(C)=N/C=C/CC)=C(/C)N1CCN(C(=C=O)OC(C)(C)C)CC1)\C1CC1. The Bertz CT molecular complexity index is 1040. The molecule has 1 heterocycles. The fraction of sp³-hybridized carbons (Fsp3) is 0.714. The average Bonchev–Trinajstić information content (AvgIpc) is 3.80. The van der Waals surface area contributed by atoms with Gasteiger partial charge in [0, 0.05) is 55.3 Å². The summed E-state index contributed by atoms with van der Waals surface area (Å²) in [4.78, 5) is 20.6. The van der Waals surface area contributed by atoms with E-state index >= 15 is 0 Å². The molecule has 0 spiro atoms. The van der Waals surface area contributed by atoms with Gasteiger partial charge in [0.2, 0.25) is 0 Å². The van der Waals surface area contributed by atoms with E-state index in [0.29, 0.717) is 17.7 Å². The standard InChI is InChI=1S/C25H39N3O2.C10H17N/c1-8-10-13-26-19(3)24(22(9-2)21-11-12-21)20(4)27-14-16-28(17-15-27)23(18-29)30-25(5,6)7;1-2-4-9-5-3-6-10(7-9)8-11/h9-10,13,21H,8,11-12,14-17H2,1-7H3;9-10H,2-7H2,1H3/b13-10+,22-9-,24-20-,26-19+;. The second kappa shape index (κ2) is 17.2. The van der Waals surface area contributed by atoms with Crippen molar-refractivity contribution in [2.45, 2.75) is 119 Å². The fourth-order valence-electron chi connectivity index (χ4n) is 5.91. The van der Waals surface area contributed by atoms with E-state index in [-0.39, 0.29) is 0 Å². The largest absolute Gasteiger partial charge is 0.465 e. The van der Waals surface area contributed by atoms with Crippen molar-refractivity contribution in [3.8, 4) is 6.07 Å². The number of carbonyl (C=O) groups excluding carboxylic acids is 1. The number of rotatable bonds is 10. The molecule has 41 heavy (non-hydrogen) atoms. The summed E-state index contributed by atoms with van der Waals surface area (Å²) in [6, 6.07) is 2.39.